The Morgan fingerprint density at radius 1 is 1.09 bits per heavy atom. The quantitative estimate of drug-likeness (QED) is 0.800. The number of methoxy groups -OCH3 is 1. The van der Waals surface area contributed by atoms with Gasteiger partial charge in [0.05, 0.1) is 19.2 Å². The predicted octanol–water partition coefficient (Wildman–Crippen LogP) is 3.29. The summed E-state index contributed by atoms with van der Waals surface area (Å²) in [6.45, 7) is 0.0979. The van der Waals surface area contributed by atoms with Crippen LogP contribution in [0.2, 0.25) is 0 Å². The highest BCUT2D eigenvalue weighted by Gasteiger charge is 2.07. The molecule has 0 saturated carbocycles. The Morgan fingerprint density at radius 2 is 1.82 bits per heavy atom. The van der Waals surface area contributed by atoms with E-state index in [1.165, 1.54) is 7.11 Å². The Labute approximate surface area is 136 Å². The summed E-state index contributed by atoms with van der Waals surface area (Å²) in [5.74, 6) is -0.589. The lowest BCUT2D eigenvalue weighted by Crippen LogP contribution is -2.21. The number of carbonyl (C=O) groups is 2. The minimum atomic E-state index is -0.414. The van der Waals surface area contributed by atoms with Gasteiger partial charge < -0.3 is 15.4 Å². The number of carbonyl (C=O) groups excluding carboxylic acids is 2. The van der Waals surface area contributed by atoms with Crippen LogP contribution >= 0.6 is 15.9 Å². The molecule has 22 heavy (non-hydrogen) atoms. The summed E-state index contributed by atoms with van der Waals surface area (Å²) < 4.78 is 5.60. The van der Waals surface area contributed by atoms with E-state index in [2.05, 4.69) is 31.3 Å². The minimum Gasteiger partial charge on any atom is -0.465 e. The smallest absolute Gasteiger partial charge is 0.337 e. The highest BCUT2D eigenvalue weighted by Crippen LogP contribution is 2.14. The molecule has 2 N–H and O–H groups in total. The number of ether oxygens (including phenoxy) is 1. The van der Waals surface area contributed by atoms with Crippen molar-refractivity contribution >= 4 is 39.2 Å². The topological polar surface area (TPSA) is 67.4 Å². The van der Waals surface area contributed by atoms with Crippen LogP contribution in [0.5, 0.6) is 0 Å². The fourth-order valence-electron chi connectivity index (χ4n) is 1.79. The zero-order valence-corrected chi connectivity index (χ0v) is 13.5. The molecule has 2 aromatic rings. The number of esters is 1. The van der Waals surface area contributed by atoms with Crippen LogP contribution in [0.25, 0.3) is 0 Å². The first-order valence-electron chi connectivity index (χ1n) is 6.56. The molecular weight excluding hydrogens is 348 g/mol. The molecule has 0 heterocycles. The lowest BCUT2D eigenvalue weighted by molar-refractivity contribution is -0.114. The summed E-state index contributed by atoms with van der Waals surface area (Å²) in [6.07, 6.45) is 0. The zero-order valence-electron chi connectivity index (χ0n) is 11.9. The van der Waals surface area contributed by atoms with Crippen molar-refractivity contribution in [1.82, 2.24) is 0 Å². The molecule has 0 aliphatic heterocycles. The maximum Gasteiger partial charge on any atom is 0.337 e. The Bertz CT molecular complexity index is 671. The number of hydrogen-bond donors (Lipinski definition) is 2. The van der Waals surface area contributed by atoms with Crippen LogP contribution in [0.1, 0.15) is 10.4 Å². The Morgan fingerprint density at radius 3 is 2.50 bits per heavy atom. The molecule has 2 aromatic carbocycles. The van der Waals surface area contributed by atoms with E-state index >= 15 is 0 Å². The van der Waals surface area contributed by atoms with Gasteiger partial charge in [0.2, 0.25) is 5.91 Å². The lowest BCUT2D eigenvalue weighted by Gasteiger charge is -2.09. The first-order valence-corrected chi connectivity index (χ1v) is 7.35. The number of rotatable bonds is 5. The van der Waals surface area contributed by atoms with Crippen LogP contribution < -0.4 is 10.6 Å². The minimum absolute atomic E-state index is 0.0979. The average molecular weight is 363 g/mol. The van der Waals surface area contributed by atoms with E-state index in [4.69, 9.17) is 0 Å². The SMILES string of the molecule is COC(=O)c1cccc(NCC(=O)Nc2ccc(Br)cc2)c1. The second-order valence-electron chi connectivity index (χ2n) is 4.48. The number of hydrogen-bond acceptors (Lipinski definition) is 4. The van der Waals surface area contributed by atoms with Gasteiger partial charge in [-0.3, -0.25) is 4.79 Å². The van der Waals surface area contributed by atoms with Gasteiger partial charge in [0.15, 0.2) is 0 Å². The molecule has 0 radical (unpaired) electrons. The van der Waals surface area contributed by atoms with Gasteiger partial charge in [-0.15, -0.1) is 0 Å². The molecule has 5 nitrogen and oxygen atoms in total. The lowest BCUT2D eigenvalue weighted by atomic mass is 10.2. The molecule has 0 aliphatic rings. The van der Waals surface area contributed by atoms with E-state index in [0.29, 0.717) is 11.3 Å². The van der Waals surface area contributed by atoms with Gasteiger partial charge in [-0.25, -0.2) is 4.79 Å². The summed E-state index contributed by atoms with van der Waals surface area (Å²) >= 11 is 3.33. The number of amides is 1. The second kappa shape index (κ2) is 7.61. The third kappa shape index (κ3) is 4.60. The Kier molecular flexibility index (Phi) is 5.55. The highest BCUT2D eigenvalue weighted by atomic mass is 79.9. The molecule has 0 spiro atoms. The van der Waals surface area contributed by atoms with Crippen molar-refractivity contribution in [1.29, 1.82) is 0 Å². The van der Waals surface area contributed by atoms with Crippen molar-refractivity contribution in [3.63, 3.8) is 0 Å². The standard InChI is InChI=1S/C16H15BrN2O3/c1-22-16(21)11-3-2-4-14(9-11)18-10-15(20)19-13-7-5-12(17)6-8-13/h2-9,18H,10H2,1H3,(H,19,20). The summed E-state index contributed by atoms with van der Waals surface area (Å²) in [4.78, 5) is 23.3. The van der Waals surface area contributed by atoms with E-state index in [1.54, 1.807) is 36.4 Å². The van der Waals surface area contributed by atoms with Crippen LogP contribution in [0.15, 0.2) is 53.0 Å². The molecule has 6 heteroatoms. The van der Waals surface area contributed by atoms with Crippen LogP contribution in [0.3, 0.4) is 0 Å². The van der Waals surface area contributed by atoms with Crippen LogP contribution in [-0.4, -0.2) is 25.5 Å². The van der Waals surface area contributed by atoms with Crippen molar-refractivity contribution in [2.45, 2.75) is 0 Å². The Hall–Kier alpha value is -2.34. The normalized spacial score (nSPS) is 9.91. The fraction of sp³-hybridized carbons (Fsp3) is 0.125. The van der Waals surface area contributed by atoms with Crippen LogP contribution in [0.4, 0.5) is 11.4 Å². The van der Waals surface area contributed by atoms with Gasteiger partial charge >= 0.3 is 5.97 Å². The largest absolute Gasteiger partial charge is 0.465 e. The predicted molar refractivity (Wildman–Crippen MR) is 89.0 cm³/mol. The van der Waals surface area contributed by atoms with Gasteiger partial charge in [0.25, 0.3) is 0 Å². The fourth-order valence-corrected chi connectivity index (χ4v) is 2.06. The summed E-state index contributed by atoms with van der Waals surface area (Å²) in [5, 5.41) is 5.74. The molecule has 2 rings (SSSR count). The van der Waals surface area contributed by atoms with Crippen LogP contribution in [-0.2, 0) is 9.53 Å². The molecule has 1 amide bonds. The third-order valence-electron chi connectivity index (χ3n) is 2.86. The first kappa shape index (κ1) is 16.0. The molecule has 0 aliphatic carbocycles. The first-order chi connectivity index (χ1) is 10.6. The molecular formula is C16H15BrN2O3. The second-order valence-corrected chi connectivity index (χ2v) is 5.40. The van der Waals surface area contributed by atoms with Crippen LogP contribution in [0, 0.1) is 0 Å². The molecule has 114 valence electrons. The van der Waals surface area contributed by atoms with Gasteiger partial charge in [0.1, 0.15) is 0 Å². The maximum absolute atomic E-state index is 11.9. The van der Waals surface area contributed by atoms with Crippen molar-refractivity contribution in [2.24, 2.45) is 0 Å². The van der Waals surface area contributed by atoms with Gasteiger partial charge in [-0.05, 0) is 42.5 Å². The molecule has 0 aromatic heterocycles. The van der Waals surface area contributed by atoms with Gasteiger partial charge in [-0.2, -0.15) is 0 Å². The van der Waals surface area contributed by atoms with Crippen molar-refractivity contribution < 1.29 is 14.3 Å². The number of benzene rings is 2. The molecule has 0 fully saturated rings. The summed E-state index contributed by atoms with van der Waals surface area (Å²) in [5.41, 5.74) is 1.83. The summed E-state index contributed by atoms with van der Waals surface area (Å²) in [7, 11) is 1.33. The van der Waals surface area contributed by atoms with Crippen molar-refractivity contribution in [2.75, 3.05) is 24.3 Å². The highest BCUT2D eigenvalue weighted by molar-refractivity contribution is 9.10. The number of halogens is 1. The Balaban J connectivity index is 1.91. The van der Waals surface area contributed by atoms with E-state index in [-0.39, 0.29) is 12.5 Å². The van der Waals surface area contributed by atoms with E-state index in [9.17, 15) is 9.59 Å². The average Bonchev–Trinajstić information content (AvgIpc) is 2.54. The van der Waals surface area contributed by atoms with E-state index in [1.807, 2.05) is 12.1 Å². The monoisotopic (exact) mass is 362 g/mol. The van der Waals surface area contributed by atoms with E-state index < -0.39 is 5.97 Å². The molecule has 0 saturated heterocycles. The van der Waals surface area contributed by atoms with Gasteiger partial charge in [0, 0.05) is 15.8 Å². The third-order valence-corrected chi connectivity index (χ3v) is 3.39. The zero-order chi connectivity index (χ0) is 15.9. The van der Waals surface area contributed by atoms with Gasteiger partial charge in [-0.1, -0.05) is 22.0 Å². The van der Waals surface area contributed by atoms with Crippen molar-refractivity contribution in [3.8, 4) is 0 Å². The maximum atomic E-state index is 11.9. The molecule has 0 atom stereocenters. The summed E-state index contributed by atoms with van der Waals surface area (Å²) in [6, 6.07) is 14.1. The number of nitrogens with one attached hydrogen (secondary N) is 2. The molecule has 0 bridgehead atoms. The molecule has 0 unspecified atom stereocenters. The van der Waals surface area contributed by atoms with E-state index in [0.717, 1.165) is 10.2 Å². The van der Waals surface area contributed by atoms with Crippen molar-refractivity contribution in [3.05, 3.63) is 58.6 Å². The number of anilines is 2.